The van der Waals surface area contributed by atoms with Gasteiger partial charge in [0.15, 0.2) is 11.5 Å². The zero-order chi connectivity index (χ0) is 19.3. The highest BCUT2D eigenvalue weighted by Crippen LogP contribution is 2.34. The van der Waals surface area contributed by atoms with E-state index >= 15 is 0 Å². The molecule has 2 aromatic carbocycles. The smallest absolute Gasteiger partial charge is 0.242 e. The fraction of sp³-hybridized carbons (Fsp3) is 0.278. The third-order valence-electron chi connectivity index (χ3n) is 3.92. The number of fused-ring (bicyclic) bond motifs is 1. The summed E-state index contributed by atoms with van der Waals surface area (Å²) in [6, 6.07) is 12.1. The second-order valence-corrected chi connectivity index (χ2v) is 8.53. The Hall–Kier alpha value is -2.23. The topological polar surface area (TPSA) is 93.7 Å². The van der Waals surface area contributed by atoms with Gasteiger partial charge < -0.3 is 14.8 Å². The Morgan fingerprint density at radius 3 is 2.63 bits per heavy atom. The van der Waals surface area contributed by atoms with Crippen LogP contribution in [0.15, 0.2) is 53.4 Å². The van der Waals surface area contributed by atoms with E-state index < -0.39 is 22.0 Å². The SMILES string of the molecule is CSCC[C@@H](NS(=O)(=O)c1ccccc1)C(=O)Nc1ccc2c(c1)OCO2. The molecule has 144 valence electrons. The zero-order valence-electron chi connectivity index (χ0n) is 14.7. The Kier molecular flexibility index (Phi) is 6.25. The number of hydrogen-bond acceptors (Lipinski definition) is 6. The molecule has 0 saturated heterocycles. The molecule has 0 spiro atoms. The third kappa shape index (κ3) is 4.94. The van der Waals surface area contributed by atoms with Crippen molar-refractivity contribution in [2.24, 2.45) is 0 Å². The number of nitrogens with one attached hydrogen (secondary N) is 2. The normalized spacial score (nSPS) is 14.0. The second-order valence-electron chi connectivity index (χ2n) is 5.83. The molecule has 0 radical (unpaired) electrons. The van der Waals surface area contributed by atoms with Crippen LogP contribution in [0, 0.1) is 0 Å². The molecule has 1 aliphatic heterocycles. The van der Waals surface area contributed by atoms with Crippen LogP contribution in [0.4, 0.5) is 5.69 Å². The Balaban J connectivity index is 1.74. The number of benzene rings is 2. The molecule has 1 aliphatic rings. The first-order chi connectivity index (χ1) is 13.0. The van der Waals surface area contributed by atoms with Gasteiger partial charge >= 0.3 is 0 Å². The summed E-state index contributed by atoms with van der Waals surface area (Å²) in [4.78, 5) is 12.8. The van der Waals surface area contributed by atoms with Crippen molar-refractivity contribution in [1.29, 1.82) is 0 Å². The van der Waals surface area contributed by atoms with Gasteiger partial charge in [-0.05, 0) is 42.7 Å². The molecule has 0 aliphatic carbocycles. The maximum atomic E-state index is 12.7. The van der Waals surface area contributed by atoms with Crippen molar-refractivity contribution in [2.45, 2.75) is 17.4 Å². The van der Waals surface area contributed by atoms with Gasteiger partial charge in [-0.15, -0.1) is 0 Å². The third-order valence-corrected chi connectivity index (χ3v) is 6.05. The summed E-state index contributed by atoms with van der Waals surface area (Å²) < 4.78 is 38.2. The molecule has 27 heavy (non-hydrogen) atoms. The lowest BCUT2D eigenvalue weighted by Crippen LogP contribution is -2.44. The Morgan fingerprint density at radius 1 is 1.15 bits per heavy atom. The van der Waals surface area contributed by atoms with E-state index in [0.29, 0.717) is 29.4 Å². The zero-order valence-corrected chi connectivity index (χ0v) is 16.3. The summed E-state index contributed by atoms with van der Waals surface area (Å²) in [5.41, 5.74) is 0.511. The summed E-state index contributed by atoms with van der Waals surface area (Å²) in [7, 11) is -3.80. The molecule has 0 bridgehead atoms. The molecular formula is C18H20N2O5S2. The van der Waals surface area contributed by atoms with Crippen LogP contribution in [-0.2, 0) is 14.8 Å². The molecule has 2 N–H and O–H groups in total. The van der Waals surface area contributed by atoms with E-state index in [0.717, 1.165) is 0 Å². The highest BCUT2D eigenvalue weighted by atomic mass is 32.2. The fourth-order valence-corrected chi connectivity index (χ4v) is 4.26. The van der Waals surface area contributed by atoms with Crippen LogP contribution >= 0.6 is 11.8 Å². The van der Waals surface area contributed by atoms with Gasteiger partial charge in [0.25, 0.3) is 0 Å². The van der Waals surface area contributed by atoms with E-state index in [4.69, 9.17) is 9.47 Å². The number of ether oxygens (including phenoxy) is 2. The largest absolute Gasteiger partial charge is 0.454 e. The summed E-state index contributed by atoms with van der Waals surface area (Å²) in [6.45, 7) is 0.139. The number of carbonyl (C=O) groups excluding carboxylic acids is 1. The van der Waals surface area contributed by atoms with Gasteiger partial charge in [0, 0.05) is 11.8 Å². The Morgan fingerprint density at radius 2 is 1.89 bits per heavy atom. The maximum absolute atomic E-state index is 12.7. The quantitative estimate of drug-likeness (QED) is 0.697. The summed E-state index contributed by atoms with van der Waals surface area (Å²) in [6.07, 6.45) is 2.27. The van der Waals surface area contributed by atoms with E-state index in [1.54, 1.807) is 48.2 Å². The lowest BCUT2D eigenvalue weighted by atomic mass is 10.2. The van der Waals surface area contributed by atoms with Crippen molar-refractivity contribution < 1.29 is 22.7 Å². The molecule has 0 unspecified atom stereocenters. The van der Waals surface area contributed by atoms with E-state index in [1.165, 1.54) is 12.1 Å². The van der Waals surface area contributed by atoms with E-state index in [9.17, 15) is 13.2 Å². The maximum Gasteiger partial charge on any atom is 0.242 e. The fourth-order valence-electron chi connectivity index (χ4n) is 2.54. The molecule has 1 heterocycles. The van der Waals surface area contributed by atoms with E-state index in [2.05, 4.69) is 10.0 Å². The molecule has 0 aromatic heterocycles. The predicted molar refractivity (Wildman–Crippen MR) is 105 cm³/mol. The molecule has 0 saturated carbocycles. The van der Waals surface area contributed by atoms with Crippen LogP contribution in [0.1, 0.15) is 6.42 Å². The van der Waals surface area contributed by atoms with Crippen LogP contribution in [0.2, 0.25) is 0 Å². The standard InChI is InChI=1S/C18H20N2O5S2/c1-26-10-9-15(20-27(22,23)14-5-3-2-4-6-14)18(21)19-13-7-8-16-17(11-13)25-12-24-16/h2-8,11,15,20H,9-10,12H2,1H3,(H,19,21)/t15-/m1/s1. The van der Waals surface area contributed by atoms with Crippen molar-refractivity contribution >= 4 is 33.4 Å². The molecule has 2 aromatic rings. The van der Waals surface area contributed by atoms with Gasteiger partial charge in [-0.25, -0.2) is 8.42 Å². The molecule has 9 heteroatoms. The average Bonchev–Trinajstić information content (AvgIpc) is 3.13. The Bertz CT molecular complexity index is 903. The Labute approximate surface area is 162 Å². The number of carbonyl (C=O) groups is 1. The number of anilines is 1. The second kappa shape index (κ2) is 8.64. The molecular weight excluding hydrogens is 388 g/mol. The number of rotatable bonds is 8. The van der Waals surface area contributed by atoms with Crippen LogP contribution in [0.25, 0.3) is 0 Å². The minimum atomic E-state index is -3.80. The minimum absolute atomic E-state index is 0.120. The molecule has 1 atom stereocenters. The highest BCUT2D eigenvalue weighted by Gasteiger charge is 2.26. The van der Waals surface area contributed by atoms with Gasteiger partial charge in [-0.1, -0.05) is 18.2 Å². The van der Waals surface area contributed by atoms with E-state index in [-0.39, 0.29) is 11.7 Å². The first-order valence-corrected chi connectivity index (χ1v) is 11.1. The predicted octanol–water partition coefficient (Wildman–Crippen LogP) is 2.45. The van der Waals surface area contributed by atoms with Gasteiger partial charge in [0.05, 0.1) is 4.90 Å². The first kappa shape index (κ1) is 19.5. The highest BCUT2D eigenvalue weighted by molar-refractivity contribution is 7.98. The van der Waals surface area contributed by atoms with Crippen molar-refractivity contribution in [3.05, 3.63) is 48.5 Å². The monoisotopic (exact) mass is 408 g/mol. The van der Waals surface area contributed by atoms with Gasteiger partial charge in [0.1, 0.15) is 6.04 Å². The first-order valence-electron chi connectivity index (χ1n) is 8.26. The van der Waals surface area contributed by atoms with E-state index in [1.807, 2.05) is 6.26 Å². The van der Waals surface area contributed by atoms with Crippen LogP contribution in [0.5, 0.6) is 11.5 Å². The molecule has 3 rings (SSSR count). The summed E-state index contributed by atoms with van der Waals surface area (Å²) in [5.74, 6) is 1.36. The lowest BCUT2D eigenvalue weighted by Gasteiger charge is -2.18. The number of thioether (sulfide) groups is 1. The van der Waals surface area contributed by atoms with Crippen LogP contribution < -0.4 is 19.5 Å². The van der Waals surface area contributed by atoms with Crippen molar-refractivity contribution in [2.75, 3.05) is 24.1 Å². The van der Waals surface area contributed by atoms with Gasteiger partial charge in [-0.2, -0.15) is 16.5 Å². The molecule has 7 nitrogen and oxygen atoms in total. The molecule has 0 fully saturated rings. The summed E-state index contributed by atoms with van der Waals surface area (Å²) in [5, 5.41) is 2.74. The van der Waals surface area contributed by atoms with Gasteiger partial charge in [-0.3, -0.25) is 4.79 Å². The number of hydrogen-bond donors (Lipinski definition) is 2. The minimum Gasteiger partial charge on any atom is -0.454 e. The molecule has 1 amide bonds. The van der Waals surface area contributed by atoms with Gasteiger partial charge in [0.2, 0.25) is 22.7 Å². The van der Waals surface area contributed by atoms with Crippen molar-refractivity contribution in [3.63, 3.8) is 0 Å². The van der Waals surface area contributed by atoms with Crippen LogP contribution in [-0.4, -0.2) is 39.2 Å². The summed E-state index contributed by atoms with van der Waals surface area (Å²) >= 11 is 1.54. The average molecular weight is 409 g/mol. The van der Waals surface area contributed by atoms with Crippen molar-refractivity contribution in [3.8, 4) is 11.5 Å². The lowest BCUT2D eigenvalue weighted by molar-refractivity contribution is -0.117. The van der Waals surface area contributed by atoms with Crippen molar-refractivity contribution in [1.82, 2.24) is 4.72 Å². The number of amides is 1. The number of sulfonamides is 1. The van der Waals surface area contributed by atoms with Crippen LogP contribution in [0.3, 0.4) is 0 Å².